The SMILES string of the molecule is Cc1cc(CNC(C)CN)n[nH]1. The van der Waals surface area contributed by atoms with Crippen molar-refractivity contribution in [3.63, 3.8) is 0 Å². The molecule has 4 N–H and O–H groups in total. The molecule has 0 aliphatic carbocycles. The van der Waals surface area contributed by atoms with E-state index >= 15 is 0 Å². The van der Waals surface area contributed by atoms with Gasteiger partial charge in [0.05, 0.1) is 5.69 Å². The molecule has 0 spiro atoms. The predicted octanol–water partition coefficient (Wildman–Crippen LogP) is 0.155. The second-order valence-corrected chi connectivity index (χ2v) is 3.06. The molecular weight excluding hydrogens is 152 g/mol. The molecule has 1 unspecified atom stereocenters. The molecule has 4 heteroatoms. The van der Waals surface area contributed by atoms with E-state index in [-0.39, 0.29) is 0 Å². The fourth-order valence-electron chi connectivity index (χ4n) is 0.927. The summed E-state index contributed by atoms with van der Waals surface area (Å²) in [6, 6.07) is 2.37. The largest absolute Gasteiger partial charge is 0.329 e. The average Bonchev–Trinajstić information content (AvgIpc) is 2.47. The van der Waals surface area contributed by atoms with Crippen molar-refractivity contribution in [3.8, 4) is 0 Å². The molecule has 1 aromatic rings. The molecule has 0 saturated heterocycles. The maximum atomic E-state index is 5.45. The number of nitrogens with two attached hydrogens (primary N) is 1. The highest BCUT2D eigenvalue weighted by Crippen LogP contribution is 1.96. The van der Waals surface area contributed by atoms with Gasteiger partial charge in [-0.05, 0) is 19.9 Å². The van der Waals surface area contributed by atoms with Crippen LogP contribution < -0.4 is 11.1 Å². The smallest absolute Gasteiger partial charge is 0.0762 e. The van der Waals surface area contributed by atoms with Gasteiger partial charge in [0.25, 0.3) is 0 Å². The van der Waals surface area contributed by atoms with E-state index in [1.807, 2.05) is 13.0 Å². The summed E-state index contributed by atoms with van der Waals surface area (Å²) in [6.07, 6.45) is 0. The summed E-state index contributed by atoms with van der Waals surface area (Å²) >= 11 is 0. The maximum absolute atomic E-state index is 5.45. The van der Waals surface area contributed by atoms with Gasteiger partial charge >= 0.3 is 0 Å². The molecule has 1 aromatic heterocycles. The molecule has 12 heavy (non-hydrogen) atoms. The van der Waals surface area contributed by atoms with Crippen LogP contribution in [0.5, 0.6) is 0 Å². The van der Waals surface area contributed by atoms with Crippen LogP contribution in [0.25, 0.3) is 0 Å². The molecule has 0 aliphatic heterocycles. The summed E-state index contributed by atoms with van der Waals surface area (Å²) in [5.41, 5.74) is 7.58. The standard InChI is InChI=1S/C8H16N4/c1-6-3-8(12-11-6)5-10-7(2)4-9/h3,7,10H,4-5,9H2,1-2H3,(H,11,12). The van der Waals surface area contributed by atoms with Crippen molar-refractivity contribution >= 4 is 0 Å². The Morgan fingerprint density at radius 2 is 2.50 bits per heavy atom. The number of hydrogen-bond acceptors (Lipinski definition) is 3. The van der Waals surface area contributed by atoms with Gasteiger partial charge in [-0.3, -0.25) is 5.10 Å². The van der Waals surface area contributed by atoms with E-state index in [0.29, 0.717) is 12.6 Å². The van der Waals surface area contributed by atoms with Crippen molar-refractivity contribution in [2.45, 2.75) is 26.4 Å². The van der Waals surface area contributed by atoms with Crippen LogP contribution in [0.3, 0.4) is 0 Å². The third-order valence-electron chi connectivity index (χ3n) is 1.74. The Labute approximate surface area is 72.5 Å². The van der Waals surface area contributed by atoms with E-state index in [9.17, 15) is 0 Å². The van der Waals surface area contributed by atoms with E-state index in [4.69, 9.17) is 5.73 Å². The second-order valence-electron chi connectivity index (χ2n) is 3.06. The number of aromatic amines is 1. The lowest BCUT2D eigenvalue weighted by atomic mass is 10.3. The van der Waals surface area contributed by atoms with E-state index in [1.165, 1.54) is 0 Å². The molecular formula is C8H16N4. The Bertz CT molecular complexity index is 231. The highest BCUT2D eigenvalue weighted by atomic mass is 15.1. The van der Waals surface area contributed by atoms with Gasteiger partial charge < -0.3 is 11.1 Å². The Kier molecular flexibility index (Phi) is 3.25. The van der Waals surface area contributed by atoms with Crippen molar-refractivity contribution in [3.05, 3.63) is 17.5 Å². The van der Waals surface area contributed by atoms with Gasteiger partial charge in [-0.15, -0.1) is 0 Å². The van der Waals surface area contributed by atoms with Crippen molar-refractivity contribution in [2.75, 3.05) is 6.54 Å². The number of rotatable bonds is 4. The second kappa shape index (κ2) is 4.23. The topological polar surface area (TPSA) is 66.7 Å². The molecule has 4 nitrogen and oxygen atoms in total. The third kappa shape index (κ3) is 2.64. The minimum atomic E-state index is 0.349. The molecule has 0 radical (unpaired) electrons. The Hall–Kier alpha value is -0.870. The number of aryl methyl sites for hydroxylation is 1. The third-order valence-corrected chi connectivity index (χ3v) is 1.74. The first kappa shape index (κ1) is 9.22. The molecule has 0 aliphatic rings. The van der Waals surface area contributed by atoms with Gasteiger partial charge in [-0.2, -0.15) is 5.10 Å². The summed E-state index contributed by atoms with van der Waals surface area (Å²) in [4.78, 5) is 0. The average molecular weight is 168 g/mol. The lowest BCUT2D eigenvalue weighted by molar-refractivity contribution is 0.550. The predicted molar refractivity (Wildman–Crippen MR) is 48.7 cm³/mol. The van der Waals surface area contributed by atoms with Crippen LogP contribution in [0.15, 0.2) is 6.07 Å². The van der Waals surface area contributed by atoms with Crippen LogP contribution >= 0.6 is 0 Å². The van der Waals surface area contributed by atoms with Gasteiger partial charge in [0.1, 0.15) is 0 Å². The maximum Gasteiger partial charge on any atom is 0.0762 e. The molecule has 0 aromatic carbocycles. The quantitative estimate of drug-likeness (QED) is 0.599. The van der Waals surface area contributed by atoms with Crippen molar-refractivity contribution in [1.82, 2.24) is 15.5 Å². The fraction of sp³-hybridized carbons (Fsp3) is 0.625. The zero-order chi connectivity index (χ0) is 8.97. The van der Waals surface area contributed by atoms with Gasteiger partial charge in [0.2, 0.25) is 0 Å². The highest BCUT2D eigenvalue weighted by molar-refractivity contribution is 5.06. The highest BCUT2D eigenvalue weighted by Gasteiger charge is 2.00. The Morgan fingerprint density at radius 3 is 3.00 bits per heavy atom. The van der Waals surface area contributed by atoms with Gasteiger partial charge in [0, 0.05) is 24.8 Å². The summed E-state index contributed by atoms with van der Waals surface area (Å²) in [5, 5.41) is 10.2. The van der Waals surface area contributed by atoms with Gasteiger partial charge in [0.15, 0.2) is 0 Å². The molecule has 1 atom stereocenters. The zero-order valence-electron chi connectivity index (χ0n) is 7.59. The van der Waals surface area contributed by atoms with Crippen LogP contribution in [0.4, 0.5) is 0 Å². The number of aromatic nitrogens is 2. The number of nitrogens with one attached hydrogen (secondary N) is 2. The fourth-order valence-corrected chi connectivity index (χ4v) is 0.927. The first-order valence-corrected chi connectivity index (χ1v) is 4.16. The normalized spacial score (nSPS) is 13.2. The molecule has 1 rings (SSSR count). The van der Waals surface area contributed by atoms with E-state index in [1.54, 1.807) is 0 Å². The number of H-pyrrole nitrogens is 1. The van der Waals surface area contributed by atoms with E-state index in [0.717, 1.165) is 17.9 Å². The summed E-state index contributed by atoms with van der Waals surface area (Å²) in [6.45, 7) is 5.48. The van der Waals surface area contributed by atoms with E-state index < -0.39 is 0 Å². The van der Waals surface area contributed by atoms with Crippen LogP contribution in [0.1, 0.15) is 18.3 Å². The molecule has 0 bridgehead atoms. The summed E-state index contributed by atoms with van der Waals surface area (Å²) in [7, 11) is 0. The van der Waals surface area contributed by atoms with Crippen LogP contribution in [0.2, 0.25) is 0 Å². The molecule has 1 heterocycles. The van der Waals surface area contributed by atoms with Gasteiger partial charge in [-0.1, -0.05) is 0 Å². The van der Waals surface area contributed by atoms with Crippen LogP contribution in [0, 0.1) is 6.92 Å². The molecule has 0 amide bonds. The number of hydrogen-bond donors (Lipinski definition) is 3. The minimum absolute atomic E-state index is 0.349. The first-order valence-electron chi connectivity index (χ1n) is 4.16. The summed E-state index contributed by atoms with van der Waals surface area (Å²) < 4.78 is 0. The summed E-state index contributed by atoms with van der Waals surface area (Å²) in [5.74, 6) is 0. The number of nitrogens with zero attached hydrogens (tertiary/aromatic N) is 1. The molecule has 0 fully saturated rings. The van der Waals surface area contributed by atoms with E-state index in [2.05, 4.69) is 22.4 Å². The molecule has 68 valence electrons. The lowest BCUT2D eigenvalue weighted by Gasteiger charge is -2.08. The Morgan fingerprint density at radius 1 is 1.75 bits per heavy atom. The van der Waals surface area contributed by atoms with Crippen molar-refractivity contribution in [1.29, 1.82) is 0 Å². The lowest BCUT2D eigenvalue weighted by Crippen LogP contribution is -2.32. The van der Waals surface area contributed by atoms with Crippen LogP contribution in [-0.4, -0.2) is 22.8 Å². The van der Waals surface area contributed by atoms with Crippen molar-refractivity contribution < 1.29 is 0 Å². The Balaban J connectivity index is 2.33. The minimum Gasteiger partial charge on any atom is -0.329 e. The van der Waals surface area contributed by atoms with Crippen molar-refractivity contribution in [2.24, 2.45) is 5.73 Å². The molecule has 0 saturated carbocycles. The van der Waals surface area contributed by atoms with Gasteiger partial charge in [-0.25, -0.2) is 0 Å². The zero-order valence-corrected chi connectivity index (χ0v) is 7.59. The first-order chi connectivity index (χ1) is 5.72. The monoisotopic (exact) mass is 168 g/mol. The van der Waals surface area contributed by atoms with Crippen LogP contribution in [-0.2, 0) is 6.54 Å².